The highest BCUT2D eigenvalue weighted by atomic mass is 32.1. The summed E-state index contributed by atoms with van der Waals surface area (Å²) in [5.41, 5.74) is 22.8. The average molecular weight is 795 g/mol. The molecule has 1 aromatic heterocycles. The van der Waals surface area contributed by atoms with E-state index in [1.807, 2.05) is 11.3 Å². The normalized spacial score (nSPS) is 19.2. The number of nitrogens with zero attached hydrogens (tertiary/aromatic N) is 2. The summed E-state index contributed by atoms with van der Waals surface area (Å²) >= 11 is 1.97. The number of benzene rings is 5. The smallest absolute Gasteiger partial charge is 0.254 e. The Kier molecular flexibility index (Phi) is 8.18. The average Bonchev–Trinajstić information content (AvgIpc) is 3.52. The van der Waals surface area contributed by atoms with Crippen molar-refractivity contribution in [2.24, 2.45) is 0 Å². The van der Waals surface area contributed by atoms with Crippen LogP contribution in [0.2, 0.25) is 0 Å². The molecule has 4 heteroatoms. The van der Waals surface area contributed by atoms with Gasteiger partial charge in [0.05, 0.1) is 5.00 Å². The van der Waals surface area contributed by atoms with Crippen molar-refractivity contribution in [3.63, 3.8) is 0 Å². The highest BCUT2D eigenvalue weighted by molar-refractivity contribution is 7.26. The summed E-state index contributed by atoms with van der Waals surface area (Å²) in [6.45, 7) is 33.8. The Hall–Kier alpha value is -4.28. The van der Waals surface area contributed by atoms with Gasteiger partial charge in [0.1, 0.15) is 0 Å². The lowest BCUT2D eigenvalue weighted by Crippen LogP contribution is -2.61. The van der Waals surface area contributed by atoms with Gasteiger partial charge in [-0.1, -0.05) is 118 Å². The molecule has 4 aliphatic rings. The minimum Gasteiger partial charge on any atom is -0.311 e. The topological polar surface area (TPSA) is 6.48 Å². The second-order valence-corrected chi connectivity index (χ2v) is 23.6. The van der Waals surface area contributed by atoms with Crippen LogP contribution in [0.15, 0.2) is 78.9 Å². The molecule has 6 aromatic rings. The number of fused-ring (bicyclic) bond motifs is 8. The van der Waals surface area contributed by atoms with E-state index in [-0.39, 0.29) is 33.8 Å². The van der Waals surface area contributed by atoms with Crippen LogP contribution >= 0.6 is 11.3 Å². The van der Waals surface area contributed by atoms with Crippen molar-refractivity contribution >= 4 is 78.0 Å². The first kappa shape index (κ1) is 38.9. The first-order valence-corrected chi connectivity index (χ1v) is 23.1. The fourth-order valence-electron chi connectivity index (χ4n) is 11.4. The predicted molar refractivity (Wildman–Crippen MR) is 259 cm³/mol. The van der Waals surface area contributed by atoms with Gasteiger partial charge >= 0.3 is 0 Å². The summed E-state index contributed by atoms with van der Waals surface area (Å²) in [6.07, 6.45) is 4.80. The molecule has 0 N–H and O–H groups in total. The van der Waals surface area contributed by atoms with Crippen LogP contribution in [0, 0.1) is 20.8 Å². The van der Waals surface area contributed by atoms with Crippen LogP contribution in [0.3, 0.4) is 0 Å². The van der Waals surface area contributed by atoms with Gasteiger partial charge in [-0.05, 0) is 177 Å². The number of anilines is 6. The van der Waals surface area contributed by atoms with Gasteiger partial charge in [-0.15, -0.1) is 11.3 Å². The van der Waals surface area contributed by atoms with Gasteiger partial charge in [-0.25, -0.2) is 0 Å². The van der Waals surface area contributed by atoms with E-state index in [9.17, 15) is 0 Å². The maximum atomic E-state index is 2.73. The summed E-state index contributed by atoms with van der Waals surface area (Å²) in [7, 11) is 0. The molecule has 0 bridgehead atoms. The number of aryl methyl sites for hydroxylation is 3. The maximum absolute atomic E-state index is 2.73. The molecule has 0 spiro atoms. The van der Waals surface area contributed by atoms with Crippen molar-refractivity contribution in [1.29, 1.82) is 0 Å². The molecule has 0 saturated carbocycles. The Morgan fingerprint density at radius 2 is 1.05 bits per heavy atom. The van der Waals surface area contributed by atoms with Crippen LogP contribution in [0.5, 0.6) is 0 Å². The van der Waals surface area contributed by atoms with Crippen LogP contribution in [-0.4, -0.2) is 6.71 Å². The summed E-state index contributed by atoms with van der Waals surface area (Å²) in [4.78, 5) is 5.36. The molecule has 2 aliphatic heterocycles. The molecule has 2 aliphatic carbocycles. The van der Waals surface area contributed by atoms with Crippen LogP contribution in [0.25, 0.3) is 10.1 Å². The van der Waals surface area contributed by atoms with E-state index in [4.69, 9.17) is 0 Å². The second kappa shape index (κ2) is 12.4. The molecule has 302 valence electrons. The fourth-order valence-corrected chi connectivity index (χ4v) is 12.7. The monoisotopic (exact) mass is 794 g/mol. The molecule has 5 aromatic carbocycles. The third-order valence-electron chi connectivity index (χ3n) is 15.4. The summed E-state index contributed by atoms with van der Waals surface area (Å²) in [5, 5.41) is 2.75. The van der Waals surface area contributed by atoms with E-state index in [1.54, 1.807) is 0 Å². The fraction of sp³-hybridized carbons (Fsp3) is 0.418. The van der Waals surface area contributed by atoms with Crippen molar-refractivity contribution in [2.45, 2.75) is 150 Å². The van der Waals surface area contributed by atoms with Gasteiger partial charge < -0.3 is 9.80 Å². The quantitative estimate of drug-likeness (QED) is 0.161. The van der Waals surface area contributed by atoms with Crippen LogP contribution in [0.4, 0.5) is 33.4 Å². The third-order valence-corrected chi connectivity index (χ3v) is 16.5. The molecule has 10 rings (SSSR count). The number of hydrogen-bond donors (Lipinski definition) is 0. The van der Waals surface area contributed by atoms with E-state index < -0.39 is 0 Å². The molecule has 0 radical (unpaired) electrons. The van der Waals surface area contributed by atoms with Crippen LogP contribution in [-0.2, 0) is 27.1 Å². The Bertz CT molecular complexity index is 2750. The Balaban J connectivity index is 1.34. The zero-order valence-corrected chi connectivity index (χ0v) is 39.0. The predicted octanol–water partition coefficient (Wildman–Crippen LogP) is 13.9. The van der Waals surface area contributed by atoms with E-state index >= 15 is 0 Å². The Labute approximate surface area is 359 Å². The van der Waals surface area contributed by atoms with E-state index in [1.165, 1.54) is 130 Å². The van der Waals surface area contributed by atoms with Gasteiger partial charge in [0, 0.05) is 33.1 Å². The Morgan fingerprint density at radius 3 is 1.63 bits per heavy atom. The lowest BCUT2D eigenvalue weighted by atomic mass is 9.33. The molecule has 0 amide bonds. The van der Waals surface area contributed by atoms with E-state index in [0.717, 1.165) is 0 Å². The van der Waals surface area contributed by atoms with Gasteiger partial charge in [0.25, 0.3) is 6.71 Å². The standard InChI is InChI=1S/C55H63BN2S/c1-32-15-20-47-37(25-32)48-50(59-47)57(36-18-16-35(17-19-36)51(4,5)6)45-26-33(2)27-46-49(45)56(48)42-29-39-41(55(13,14)24-22-53(39,9)10)31-44(42)58(46)43-30-40-38(28-34(43)3)52(7,8)21-23-54(40,11)12/h15-20,25-31H,21-24H2,1-14H3. The minimum atomic E-state index is 0.0799. The lowest BCUT2D eigenvalue weighted by Gasteiger charge is -2.48. The molecule has 0 atom stereocenters. The van der Waals surface area contributed by atoms with Crippen molar-refractivity contribution in [2.75, 3.05) is 9.80 Å². The molecule has 3 heterocycles. The molecular formula is C55H63BN2S. The summed E-state index contributed by atoms with van der Waals surface area (Å²) < 4.78 is 1.36. The van der Waals surface area contributed by atoms with Crippen molar-refractivity contribution in [3.8, 4) is 0 Å². The van der Waals surface area contributed by atoms with Crippen LogP contribution in [0.1, 0.15) is 146 Å². The zero-order chi connectivity index (χ0) is 41.9. The second-order valence-electron chi connectivity index (χ2n) is 22.6. The molecule has 0 unspecified atom stereocenters. The first-order chi connectivity index (χ1) is 27.6. The maximum Gasteiger partial charge on any atom is 0.254 e. The van der Waals surface area contributed by atoms with Crippen molar-refractivity contribution in [1.82, 2.24) is 0 Å². The van der Waals surface area contributed by atoms with E-state index in [2.05, 4.69) is 186 Å². The van der Waals surface area contributed by atoms with Crippen molar-refractivity contribution in [3.05, 3.63) is 123 Å². The molecule has 0 saturated heterocycles. The minimum absolute atomic E-state index is 0.0799. The van der Waals surface area contributed by atoms with Gasteiger partial charge in [-0.3, -0.25) is 0 Å². The van der Waals surface area contributed by atoms with Crippen LogP contribution < -0.4 is 26.2 Å². The van der Waals surface area contributed by atoms with Gasteiger partial charge in [0.2, 0.25) is 0 Å². The highest BCUT2D eigenvalue weighted by Gasteiger charge is 2.48. The largest absolute Gasteiger partial charge is 0.311 e. The van der Waals surface area contributed by atoms with Gasteiger partial charge in [0.15, 0.2) is 0 Å². The zero-order valence-electron chi connectivity index (χ0n) is 38.2. The summed E-state index contributed by atoms with van der Waals surface area (Å²) in [5.74, 6) is 0. The SMILES string of the molecule is Cc1cc2c3c(c1)N(c1ccc(C(C)(C)C)cc1)c1sc4ccc(C)cc4c1B3c1cc3c(cc1N2c1cc2c(cc1C)C(C)(C)CCC2(C)C)C(C)(C)CCC3(C)C. The number of hydrogen-bond acceptors (Lipinski definition) is 3. The Morgan fingerprint density at radius 1 is 0.525 bits per heavy atom. The third kappa shape index (κ3) is 5.71. The molecular weight excluding hydrogens is 731 g/mol. The molecule has 2 nitrogen and oxygen atoms in total. The lowest BCUT2D eigenvalue weighted by molar-refractivity contribution is 0.331. The van der Waals surface area contributed by atoms with Crippen molar-refractivity contribution < 1.29 is 0 Å². The number of thiophene rings is 1. The highest BCUT2D eigenvalue weighted by Crippen LogP contribution is 2.54. The summed E-state index contributed by atoms with van der Waals surface area (Å²) in [6, 6.07) is 32.2. The first-order valence-electron chi connectivity index (χ1n) is 22.3. The van der Waals surface area contributed by atoms with E-state index in [0.29, 0.717) is 0 Å². The molecule has 59 heavy (non-hydrogen) atoms. The molecule has 0 fully saturated rings. The van der Waals surface area contributed by atoms with Gasteiger partial charge in [-0.2, -0.15) is 0 Å². The number of rotatable bonds is 2.